The van der Waals surface area contributed by atoms with Gasteiger partial charge in [-0.05, 0) is 19.8 Å². The summed E-state index contributed by atoms with van der Waals surface area (Å²) in [6.07, 6.45) is 9.89. The third-order valence-corrected chi connectivity index (χ3v) is 4.18. The van der Waals surface area contributed by atoms with Crippen molar-refractivity contribution in [3.05, 3.63) is 18.0 Å². The summed E-state index contributed by atoms with van der Waals surface area (Å²) in [4.78, 5) is 0. The standard InChI is InChI=1S/C12H19N3/c1-2-15-8-10(7-14-15)11-12(9-13-11)5-3-4-6-12/h7-8,11,13H,2-6,9H2,1H3. The van der Waals surface area contributed by atoms with E-state index in [1.807, 2.05) is 10.9 Å². The van der Waals surface area contributed by atoms with Gasteiger partial charge in [0.2, 0.25) is 0 Å². The molecule has 2 aliphatic rings. The maximum Gasteiger partial charge on any atom is 0.0537 e. The molecule has 1 saturated carbocycles. The normalized spacial score (nSPS) is 28.2. The maximum absolute atomic E-state index is 4.37. The Morgan fingerprint density at radius 1 is 1.53 bits per heavy atom. The third kappa shape index (κ3) is 1.33. The summed E-state index contributed by atoms with van der Waals surface area (Å²) in [7, 11) is 0. The van der Waals surface area contributed by atoms with Gasteiger partial charge in [-0.25, -0.2) is 0 Å². The number of aromatic nitrogens is 2. The number of nitrogens with zero attached hydrogens (tertiary/aromatic N) is 2. The van der Waals surface area contributed by atoms with Crippen LogP contribution in [-0.4, -0.2) is 16.3 Å². The predicted octanol–water partition coefficient (Wildman–Crippen LogP) is 2.11. The van der Waals surface area contributed by atoms with E-state index in [1.165, 1.54) is 37.8 Å². The van der Waals surface area contributed by atoms with Crippen LogP contribution in [-0.2, 0) is 6.54 Å². The molecule has 1 saturated heterocycles. The number of hydrogen-bond donors (Lipinski definition) is 1. The van der Waals surface area contributed by atoms with Crippen molar-refractivity contribution >= 4 is 0 Å². The SMILES string of the molecule is CCn1cc(C2NCC23CCCC3)cn1. The lowest BCUT2D eigenvalue weighted by atomic mass is 9.70. The van der Waals surface area contributed by atoms with Gasteiger partial charge in [0, 0.05) is 36.3 Å². The fraction of sp³-hybridized carbons (Fsp3) is 0.750. The Morgan fingerprint density at radius 3 is 2.87 bits per heavy atom. The van der Waals surface area contributed by atoms with E-state index in [2.05, 4.69) is 23.5 Å². The topological polar surface area (TPSA) is 29.9 Å². The van der Waals surface area contributed by atoms with Crippen molar-refractivity contribution in [2.24, 2.45) is 5.41 Å². The predicted molar refractivity (Wildman–Crippen MR) is 59.5 cm³/mol. The zero-order chi connectivity index (χ0) is 10.3. The van der Waals surface area contributed by atoms with Gasteiger partial charge in [0.05, 0.1) is 6.20 Å². The zero-order valence-electron chi connectivity index (χ0n) is 9.37. The van der Waals surface area contributed by atoms with Crippen LogP contribution in [0.3, 0.4) is 0 Å². The fourth-order valence-corrected chi connectivity index (χ4v) is 3.21. The van der Waals surface area contributed by atoms with Crippen molar-refractivity contribution in [1.29, 1.82) is 0 Å². The molecule has 3 heteroatoms. The van der Waals surface area contributed by atoms with Crippen LogP contribution in [0, 0.1) is 5.41 Å². The molecule has 2 heterocycles. The average Bonchev–Trinajstić information content (AvgIpc) is 2.85. The Bertz CT molecular complexity index is 350. The third-order valence-electron chi connectivity index (χ3n) is 4.18. The monoisotopic (exact) mass is 205 g/mol. The summed E-state index contributed by atoms with van der Waals surface area (Å²) in [6.45, 7) is 4.32. The maximum atomic E-state index is 4.37. The van der Waals surface area contributed by atoms with Crippen LogP contribution in [0.4, 0.5) is 0 Å². The van der Waals surface area contributed by atoms with Crippen LogP contribution in [0.25, 0.3) is 0 Å². The first-order valence-electron chi connectivity index (χ1n) is 6.10. The highest BCUT2D eigenvalue weighted by molar-refractivity contribution is 5.21. The number of aryl methyl sites for hydroxylation is 1. The van der Waals surface area contributed by atoms with E-state index in [0.717, 1.165) is 6.54 Å². The van der Waals surface area contributed by atoms with Crippen molar-refractivity contribution in [1.82, 2.24) is 15.1 Å². The molecule has 0 bridgehead atoms. The minimum absolute atomic E-state index is 0.584. The van der Waals surface area contributed by atoms with Gasteiger partial charge < -0.3 is 5.32 Å². The molecule has 1 spiro atoms. The van der Waals surface area contributed by atoms with Crippen molar-refractivity contribution in [2.45, 2.75) is 45.2 Å². The first kappa shape index (κ1) is 9.40. The van der Waals surface area contributed by atoms with Gasteiger partial charge in [-0.15, -0.1) is 0 Å². The molecule has 1 unspecified atom stereocenters. The van der Waals surface area contributed by atoms with Crippen LogP contribution in [0.5, 0.6) is 0 Å². The summed E-state index contributed by atoms with van der Waals surface area (Å²) < 4.78 is 2.03. The van der Waals surface area contributed by atoms with Gasteiger partial charge in [0.15, 0.2) is 0 Å². The lowest BCUT2D eigenvalue weighted by Gasteiger charge is -2.48. The van der Waals surface area contributed by atoms with Gasteiger partial charge in [-0.3, -0.25) is 4.68 Å². The second-order valence-corrected chi connectivity index (χ2v) is 5.01. The van der Waals surface area contributed by atoms with E-state index in [1.54, 1.807) is 0 Å². The molecule has 1 N–H and O–H groups in total. The number of nitrogens with one attached hydrogen (secondary N) is 1. The minimum Gasteiger partial charge on any atom is -0.309 e. The van der Waals surface area contributed by atoms with Gasteiger partial charge in [-0.1, -0.05) is 12.8 Å². The first-order valence-corrected chi connectivity index (χ1v) is 6.10. The van der Waals surface area contributed by atoms with Crippen molar-refractivity contribution in [3.63, 3.8) is 0 Å². The van der Waals surface area contributed by atoms with Gasteiger partial charge >= 0.3 is 0 Å². The van der Waals surface area contributed by atoms with Crippen LogP contribution >= 0.6 is 0 Å². The molecule has 3 rings (SSSR count). The summed E-state index contributed by atoms with van der Waals surface area (Å²) in [5.74, 6) is 0. The molecule has 1 aliphatic carbocycles. The van der Waals surface area contributed by atoms with Crippen molar-refractivity contribution in [2.75, 3.05) is 6.54 Å². The first-order chi connectivity index (χ1) is 7.34. The molecule has 82 valence electrons. The molecule has 15 heavy (non-hydrogen) atoms. The molecular weight excluding hydrogens is 186 g/mol. The van der Waals surface area contributed by atoms with E-state index in [9.17, 15) is 0 Å². The Balaban J connectivity index is 1.82. The summed E-state index contributed by atoms with van der Waals surface area (Å²) in [5, 5.41) is 7.95. The molecule has 0 aromatic carbocycles. The lowest BCUT2D eigenvalue weighted by molar-refractivity contribution is 0.0894. The quantitative estimate of drug-likeness (QED) is 0.801. The summed E-state index contributed by atoms with van der Waals surface area (Å²) >= 11 is 0. The molecule has 0 radical (unpaired) electrons. The Kier molecular flexibility index (Phi) is 2.09. The molecule has 0 amide bonds. The van der Waals surface area contributed by atoms with E-state index in [4.69, 9.17) is 0 Å². The van der Waals surface area contributed by atoms with Gasteiger partial charge in [0.1, 0.15) is 0 Å². The van der Waals surface area contributed by atoms with Gasteiger partial charge in [-0.2, -0.15) is 5.10 Å². The van der Waals surface area contributed by atoms with Crippen molar-refractivity contribution in [3.8, 4) is 0 Å². The summed E-state index contributed by atoms with van der Waals surface area (Å²) in [5.41, 5.74) is 1.98. The second-order valence-electron chi connectivity index (χ2n) is 5.01. The highest BCUT2D eigenvalue weighted by Gasteiger charge is 2.48. The van der Waals surface area contributed by atoms with E-state index >= 15 is 0 Å². The largest absolute Gasteiger partial charge is 0.309 e. The van der Waals surface area contributed by atoms with Crippen LogP contribution < -0.4 is 5.32 Å². The van der Waals surface area contributed by atoms with Crippen molar-refractivity contribution < 1.29 is 0 Å². The fourth-order valence-electron chi connectivity index (χ4n) is 3.21. The minimum atomic E-state index is 0.584. The molecule has 1 aromatic rings. The molecule has 3 nitrogen and oxygen atoms in total. The van der Waals surface area contributed by atoms with Crippen LogP contribution in [0.2, 0.25) is 0 Å². The molecule has 1 aliphatic heterocycles. The zero-order valence-corrected chi connectivity index (χ0v) is 9.37. The molecule has 1 atom stereocenters. The number of hydrogen-bond acceptors (Lipinski definition) is 2. The summed E-state index contributed by atoms with van der Waals surface area (Å²) in [6, 6.07) is 0.584. The number of rotatable bonds is 2. The Morgan fingerprint density at radius 2 is 2.33 bits per heavy atom. The van der Waals surface area contributed by atoms with E-state index in [-0.39, 0.29) is 0 Å². The lowest BCUT2D eigenvalue weighted by Crippen LogP contribution is -2.54. The Labute approximate surface area is 90.9 Å². The molecule has 1 aromatic heterocycles. The highest BCUT2D eigenvalue weighted by atomic mass is 15.3. The molecular formula is C12H19N3. The smallest absolute Gasteiger partial charge is 0.0537 e. The highest BCUT2D eigenvalue weighted by Crippen LogP contribution is 2.52. The average molecular weight is 205 g/mol. The van der Waals surface area contributed by atoms with E-state index in [0.29, 0.717) is 11.5 Å². The molecule has 2 fully saturated rings. The van der Waals surface area contributed by atoms with Gasteiger partial charge in [0.25, 0.3) is 0 Å². The van der Waals surface area contributed by atoms with Crippen LogP contribution in [0.1, 0.15) is 44.2 Å². The van der Waals surface area contributed by atoms with E-state index < -0.39 is 0 Å². The van der Waals surface area contributed by atoms with Crippen LogP contribution in [0.15, 0.2) is 12.4 Å². The second kappa shape index (κ2) is 3.34. The Hall–Kier alpha value is -0.830.